The van der Waals surface area contributed by atoms with E-state index in [1.165, 1.54) is 0 Å². The number of carbonyl (C=O) groups is 1. The molecule has 1 saturated heterocycles. The molecule has 0 aromatic carbocycles. The number of hydrogen-bond acceptors (Lipinski definition) is 2. The zero-order valence-corrected chi connectivity index (χ0v) is 7.84. The largest absolute Gasteiger partial charge is 0.352 e. The Kier molecular flexibility index (Phi) is 1.80. The van der Waals surface area contributed by atoms with Crippen LogP contribution in [0.4, 0.5) is 0 Å². The third-order valence-corrected chi connectivity index (χ3v) is 3.28. The van der Waals surface area contributed by atoms with Crippen LogP contribution >= 0.6 is 0 Å². The van der Waals surface area contributed by atoms with E-state index in [1.54, 1.807) is 0 Å². The van der Waals surface area contributed by atoms with Crippen molar-refractivity contribution in [2.45, 2.75) is 38.6 Å². The van der Waals surface area contributed by atoms with Gasteiger partial charge in [0.2, 0.25) is 5.91 Å². The molecule has 0 bridgehead atoms. The average Bonchev–Trinajstić information content (AvgIpc) is 2.92. The van der Waals surface area contributed by atoms with E-state index in [4.69, 9.17) is 5.26 Å². The summed E-state index contributed by atoms with van der Waals surface area (Å²) in [5, 5.41) is 12.0. The molecular weight excluding hydrogens is 164 g/mol. The first kappa shape index (κ1) is 8.55. The second-order valence-electron chi connectivity index (χ2n) is 4.14. The van der Waals surface area contributed by atoms with Gasteiger partial charge in [-0.3, -0.25) is 4.79 Å². The zero-order chi connectivity index (χ0) is 9.47. The second-order valence-corrected chi connectivity index (χ2v) is 4.14. The quantitative estimate of drug-likeness (QED) is 0.690. The predicted molar refractivity (Wildman–Crippen MR) is 47.6 cm³/mol. The molecule has 3 nitrogen and oxygen atoms in total. The van der Waals surface area contributed by atoms with Crippen LogP contribution in [-0.2, 0) is 4.79 Å². The van der Waals surface area contributed by atoms with Gasteiger partial charge in [-0.2, -0.15) is 5.26 Å². The molecule has 0 aromatic heterocycles. The van der Waals surface area contributed by atoms with Gasteiger partial charge in [-0.25, -0.2) is 0 Å². The van der Waals surface area contributed by atoms with Crippen LogP contribution in [0.1, 0.15) is 32.6 Å². The Morgan fingerprint density at radius 2 is 2.38 bits per heavy atom. The molecule has 0 radical (unpaired) electrons. The smallest absolute Gasteiger partial charge is 0.241 e. The maximum atomic E-state index is 11.6. The van der Waals surface area contributed by atoms with Crippen molar-refractivity contribution in [2.75, 3.05) is 0 Å². The second kappa shape index (κ2) is 2.73. The molecule has 2 aliphatic rings. The van der Waals surface area contributed by atoms with Crippen molar-refractivity contribution in [1.29, 1.82) is 5.26 Å². The van der Waals surface area contributed by atoms with Crippen molar-refractivity contribution in [3.8, 4) is 6.07 Å². The third kappa shape index (κ3) is 1.13. The van der Waals surface area contributed by atoms with Gasteiger partial charge in [-0.05, 0) is 31.6 Å². The van der Waals surface area contributed by atoms with Gasteiger partial charge in [-0.1, -0.05) is 6.92 Å². The Hall–Kier alpha value is -1.04. The molecule has 1 saturated carbocycles. The molecule has 1 N–H and O–H groups in total. The number of carbonyl (C=O) groups excluding carboxylic acids is 1. The number of rotatable bonds is 2. The number of amides is 1. The molecule has 0 aromatic rings. The van der Waals surface area contributed by atoms with Crippen molar-refractivity contribution in [3.05, 3.63) is 0 Å². The van der Waals surface area contributed by atoms with Crippen LogP contribution in [0, 0.1) is 22.7 Å². The van der Waals surface area contributed by atoms with Gasteiger partial charge in [0.25, 0.3) is 0 Å². The van der Waals surface area contributed by atoms with E-state index in [2.05, 4.69) is 11.4 Å². The minimum atomic E-state index is -0.666. The van der Waals surface area contributed by atoms with Crippen LogP contribution in [0.3, 0.4) is 0 Å². The van der Waals surface area contributed by atoms with Crippen LogP contribution < -0.4 is 5.32 Å². The highest BCUT2D eigenvalue weighted by molar-refractivity contribution is 5.88. The summed E-state index contributed by atoms with van der Waals surface area (Å²) in [6, 6.07) is 2.47. The van der Waals surface area contributed by atoms with Gasteiger partial charge < -0.3 is 5.32 Å². The van der Waals surface area contributed by atoms with Gasteiger partial charge in [0, 0.05) is 6.04 Å². The SMILES string of the molecule is CCC1C[C@](C#N)(C2CC2)C(=O)N1. The average molecular weight is 178 g/mol. The molecule has 1 amide bonds. The molecular formula is C10H14N2O. The zero-order valence-electron chi connectivity index (χ0n) is 7.84. The van der Waals surface area contributed by atoms with Crippen molar-refractivity contribution in [2.24, 2.45) is 11.3 Å². The summed E-state index contributed by atoms with van der Waals surface area (Å²) in [6.07, 6.45) is 3.76. The molecule has 70 valence electrons. The van der Waals surface area contributed by atoms with Crippen molar-refractivity contribution < 1.29 is 4.79 Å². The number of nitriles is 1. The summed E-state index contributed by atoms with van der Waals surface area (Å²) in [5.41, 5.74) is -0.666. The lowest BCUT2D eigenvalue weighted by atomic mass is 9.81. The highest BCUT2D eigenvalue weighted by atomic mass is 16.2. The molecule has 1 heterocycles. The first-order chi connectivity index (χ1) is 6.23. The van der Waals surface area contributed by atoms with Crippen molar-refractivity contribution >= 4 is 5.91 Å². The Bertz CT molecular complexity index is 277. The molecule has 1 aliphatic heterocycles. The van der Waals surface area contributed by atoms with Gasteiger partial charge >= 0.3 is 0 Å². The van der Waals surface area contributed by atoms with Gasteiger partial charge in [0.15, 0.2) is 0 Å². The lowest BCUT2D eigenvalue weighted by Gasteiger charge is -2.15. The summed E-state index contributed by atoms with van der Waals surface area (Å²) in [4.78, 5) is 11.6. The maximum Gasteiger partial charge on any atom is 0.241 e. The first-order valence-corrected chi connectivity index (χ1v) is 4.95. The van der Waals surface area contributed by atoms with E-state index in [-0.39, 0.29) is 11.9 Å². The molecule has 1 aliphatic carbocycles. The van der Waals surface area contributed by atoms with Crippen molar-refractivity contribution in [1.82, 2.24) is 5.32 Å². The summed E-state index contributed by atoms with van der Waals surface area (Å²) in [5.74, 6) is 0.318. The molecule has 3 heteroatoms. The Morgan fingerprint density at radius 1 is 1.69 bits per heavy atom. The summed E-state index contributed by atoms with van der Waals surface area (Å²) in [7, 11) is 0. The van der Waals surface area contributed by atoms with E-state index in [0.29, 0.717) is 5.92 Å². The number of nitrogens with zero attached hydrogens (tertiary/aromatic N) is 1. The fraction of sp³-hybridized carbons (Fsp3) is 0.800. The van der Waals surface area contributed by atoms with Gasteiger partial charge in [-0.15, -0.1) is 0 Å². The highest BCUT2D eigenvalue weighted by Crippen LogP contribution is 2.50. The van der Waals surface area contributed by atoms with Crippen LogP contribution in [0.25, 0.3) is 0 Å². The minimum absolute atomic E-state index is 0.0237. The Morgan fingerprint density at radius 3 is 2.77 bits per heavy atom. The lowest BCUT2D eigenvalue weighted by Crippen LogP contribution is -2.32. The fourth-order valence-corrected chi connectivity index (χ4v) is 2.21. The summed E-state index contributed by atoms with van der Waals surface area (Å²) >= 11 is 0. The van der Waals surface area contributed by atoms with Gasteiger partial charge in [0.1, 0.15) is 5.41 Å². The molecule has 13 heavy (non-hydrogen) atoms. The van der Waals surface area contributed by atoms with E-state index in [9.17, 15) is 4.79 Å². The van der Waals surface area contributed by atoms with Crippen LogP contribution in [0.2, 0.25) is 0 Å². The summed E-state index contributed by atoms with van der Waals surface area (Å²) < 4.78 is 0. The molecule has 2 fully saturated rings. The molecule has 2 atom stereocenters. The minimum Gasteiger partial charge on any atom is -0.352 e. The van der Waals surface area contributed by atoms with E-state index in [0.717, 1.165) is 25.7 Å². The fourth-order valence-electron chi connectivity index (χ4n) is 2.21. The van der Waals surface area contributed by atoms with Crippen LogP contribution in [0.15, 0.2) is 0 Å². The van der Waals surface area contributed by atoms with E-state index < -0.39 is 5.41 Å². The van der Waals surface area contributed by atoms with Gasteiger partial charge in [0.05, 0.1) is 6.07 Å². The van der Waals surface area contributed by atoms with E-state index >= 15 is 0 Å². The molecule has 1 unspecified atom stereocenters. The Balaban J connectivity index is 2.21. The Labute approximate surface area is 78.1 Å². The molecule has 0 spiro atoms. The molecule has 2 rings (SSSR count). The highest BCUT2D eigenvalue weighted by Gasteiger charge is 2.56. The first-order valence-electron chi connectivity index (χ1n) is 4.95. The van der Waals surface area contributed by atoms with Crippen molar-refractivity contribution in [3.63, 3.8) is 0 Å². The maximum absolute atomic E-state index is 11.6. The van der Waals surface area contributed by atoms with E-state index in [1.807, 2.05) is 6.92 Å². The number of hydrogen-bond donors (Lipinski definition) is 1. The lowest BCUT2D eigenvalue weighted by molar-refractivity contribution is -0.126. The monoisotopic (exact) mass is 178 g/mol. The standard InChI is InChI=1S/C10H14N2O/c1-2-8-5-10(6-11,7-3-4-7)9(13)12-8/h7-8H,2-5H2,1H3,(H,12,13)/t8?,10-/m0/s1. The topological polar surface area (TPSA) is 52.9 Å². The normalized spacial score (nSPS) is 38.5. The number of nitrogens with one attached hydrogen (secondary N) is 1. The van der Waals surface area contributed by atoms with Crippen LogP contribution in [0.5, 0.6) is 0 Å². The predicted octanol–water partition coefficient (Wildman–Crippen LogP) is 1.20. The van der Waals surface area contributed by atoms with Crippen LogP contribution in [-0.4, -0.2) is 11.9 Å². The summed E-state index contributed by atoms with van der Waals surface area (Å²) in [6.45, 7) is 2.05. The third-order valence-electron chi connectivity index (χ3n) is 3.28.